The van der Waals surface area contributed by atoms with E-state index in [0.717, 1.165) is 9.75 Å². The van der Waals surface area contributed by atoms with Gasteiger partial charge in [-0.25, -0.2) is 4.98 Å². The lowest BCUT2D eigenvalue weighted by molar-refractivity contribution is -0.153. The molecule has 0 aliphatic heterocycles. The van der Waals surface area contributed by atoms with Crippen molar-refractivity contribution in [2.24, 2.45) is 5.92 Å². The number of carbonyl (C=O) groups excluding carboxylic acids is 2. The summed E-state index contributed by atoms with van der Waals surface area (Å²) in [6.45, 7) is 3.50. The van der Waals surface area contributed by atoms with E-state index in [0.29, 0.717) is 0 Å². The van der Waals surface area contributed by atoms with Gasteiger partial charge < -0.3 is 14.6 Å². The summed E-state index contributed by atoms with van der Waals surface area (Å²) in [5, 5.41) is 14.1. The first kappa shape index (κ1) is 22.0. The minimum atomic E-state index is -0.681. The van der Waals surface area contributed by atoms with Crippen LogP contribution in [0.3, 0.4) is 0 Å². The Labute approximate surface area is 183 Å². The highest BCUT2D eigenvalue weighted by molar-refractivity contribution is 7.11. The van der Waals surface area contributed by atoms with Gasteiger partial charge in [-0.05, 0) is 29.8 Å². The number of Topliss-reactive ketones (excluding diaryl/α,β-unsaturated/α-hetero) is 1. The molecule has 8 heteroatoms. The molecule has 3 heterocycles. The Morgan fingerprint density at radius 1 is 1.10 bits per heavy atom. The first-order chi connectivity index (χ1) is 14.4. The molecule has 0 spiro atoms. The van der Waals surface area contributed by atoms with E-state index in [1.54, 1.807) is 29.6 Å². The van der Waals surface area contributed by atoms with Crippen LogP contribution in [0.15, 0.2) is 47.3 Å². The monoisotopic (exact) mass is 445 g/mol. The topological polar surface area (TPSA) is 85.7 Å². The van der Waals surface area contributed by atoms with Gasteiger partial charge in [-0.1, -0.05) is 19.1 Å². The zero-order chi connectivity index (χ0) is 21.7. The third kappa shape index (κ3) is 4.88. The van der Waals surface area contributed by atoms with E-state index in [2.05, 4.69) is 4.98 Å². The van der Waals surface area contributed by atoms with Gasteiger partial charge in [0.1, 0.15) is 6.10 Å². The minimum Gasteiger partial charge on any atom is -0.503 e. The molecule has 3 aromatic rings. The fourth-order valence-corrected chi connectivity index (χ4v) is 5.12. The van der Waals surface area contributed by atoms with Crippen LogP contribution in [0, 0.1) is 5.92 Å². The molecule has 0 radical (unpaired) electrons. The number of hydrogen-bond donors (Lipinski definition) is 1. The summed E-state index contributed by atoms with van der Waals surface area (Å²) in [5.74, 6) is -1.81. The molecule has 0 amide bonds. The van der Waals surface area contributed by atoms with Gasteiger partial charge in [0.05, 0.1) is 18.9 Å². The van der Waals surface area contributed by atoms with Crippen molar-refractivity contribution in [1.82, 2.24) is 4.98 Å². The first-order valence-corrected chi connectivity index (χ1v) is 11.2. The number of nitrogens with zero attached hydrogens (tertiary/aromatic N) is 1. The van der Waals surface area contributed by atoms with E-state index in [9.17, 15) is 14.7 Å². The van der Waals surface area contributed by atoms with Crippen molar-refractivity contribution in [1.29, 1.82) is 0 Å². The number of pyridine rings is 1. The molecule has 1 N–H and O–H groups in total. The van der Waals surface area contributed by atoms with Crippen LogP contribution in [0.5, 0.6) is 11.5 Å². The lowest BCUT2D eigenvalue weighted by Gasteiger charge is -2.24. The quantitative estimate of drug-likeness (QED) is 0.373. The van der Waals surface area contributed by atoms with E-state index in [1.165, 1.54) is 19.4 Å². The standard InChI is InChI=1S/C22H23NO5S2/c1-13(12-15(24)20-21(25)16(27-3)8-9-23-20)22(26)28-14(2)19(17-6-4-10-29-17)18-7-5-11-30-18/h4-11,13-14,19,25H,12H2,1-3H3/t13-,14+/m1/s1. The van der Waals surface area contributed by atoms with Gasteiger partial charge in [0.15, 0.2) is 23.0 Å². The number of thiophene rings is 2. The molecule has 30 heavy (non-hydrogen) atoms. The van der Waals surface area contributed by atoms with Crippen molar-refractivity contribution >= 4 is 34.4 Å². The highest BCUT2D eigenvalue weighted by Crippen LogP contribution is 2.36. The van der Waals surface area contributed by atoms with Crippen molar-refractivity contribution in [3.05, 3.63) is 62.7 Å². The number of rotatable bonds is 9. The molecule has 0 unspecified atom stereocenters. The molecule has 0 saturated heterocycles. The number of carbonyl (C=O) groups is 2. The predicted octanol–water partition coefficient (Wildman–Crippen LogP) is 4.89. The maximum Gasteiger partial charge on any atom is 0.309 e. The fraction of sp³-hybridized carbons (Fsp3) is 0.318. The number of esters is 1. The Balaban J connectivity index is 1.68. The van der Waals surface area contributed by atoms with Crippen molar-refractivity contribution < 1.29 is 24.2 Å². The van der Waals surface area contributed by atoms with E-state index in [-0.39, 0.29) is 29.5 Å². The summed E-state index contributed by atoms with van der Waals surface area (Å²) in [5.41, 5.74) is -0.114. The summed E-state index contributed by atoms with van der Waals surface area (Å²) in [4.78, 5) is 31.4. The van der Waals surface area contributed by atoms with Crippen LogP contribution in [0.2, 0.25) is 0 Å². The van der Waals surface area contributed by atoms with Crippen LogP contribution in [-0.2, 0) is 9.53 Å². The summed E-state index contributed by atoms with van der Waals surface area (Å²) in [7, 11) is 1.39. The molecule has 0 aromatic carbocycles. The van der Waals surface area contributed by atoms with Crippen LogP contribution in [-0.4, -0.2) is 35.1 Å². The normalized spacial score (nSPS) is 13.1. The first-order valence-electron chi connectivity index (χ1n) is 9.44. The summed E-state index contributed by atoms with van der Waals surface area (Å²) < 4.78 is 10.8. The van der Waals surface area contributed by atoms with E-state index < -0.39 is 23.8 Å². The Hall–Kier alpha value is -2.71. The molecule has 0 bridgehead atoms. The van der Waals surface area contributed by atoms with Crippen LogP contribution in [0.4, 0.5) is 0 Å². The Morgan fingerprint density at radius 2 is 1.73 bits per heavy atom. The summed E-state index contributed by atoms with van der Waals surface area (Å²) in [6, 6.07) is 9.47. The van der Waals surface area contributed by atoms with Gasteiger partial charge in [-0.15, -0.1) is 22.7 Å². The van der Waals surface area contributed by atoms with Gasteiger partial charge in [-0.3, -0.25) is 9.59 Å². The second-order valence-corrected chi connectivity index (χ2v) is 8.85. The van der Waals surface area contributed by atoms with Gasteiger partial charge in [0.2, 0.25) is 0 Å². The van der Waals surface area contributed by atoms with Gasteiger partial charge in [0.25, 0.3) is 0 Å². The minimum absolute atomic E-state index is 0.0547. The predicted molar refractivity (Wildman–Crippen MR) is 117 cm³/mol. The maximum absolute atomic E-state index is 12.7. The van der Waals surface area contributed by atoms with Crippen molar-refractivity contribution in [3.8, 4) is 11.5 Å². The number of ketones is 1. The van der Waals surface area contributed by atoms with Crippen LogP contribution >= 0.6 is 22.7 Å². The smallest absolute Gasteiger partial charge is 0.309 e. The molecule has 3 rings (SSSR count). The molecule has 2 atom stereocenters. The number of methoxy groups -OCH3 is 1. The second kappa shape index (κ2) is 9.86. The zero-order valence-corrected chi connectivity index (χ0v) is 18.5. The Morgan fingerprint density at radius 3 is 2.27 bits per heavy atom. The lowest BCUT2D eigenvalue weighted by atomic mass is 9.98. The second-order valence-electron chi connectivity index (χ2n) is 6.89. The highest BCUT2D eigenvalue weighted by atomic mass is 32.1. The van der Waals surface area contributed by atoms with E-state index in [1.807, 2.05) is 41.9 Å². The average Bonchev–Trinajstić information content (AvgIpc) is 3.43. The van der Waals surface area contributed by atoms with Crippen LogP contribution in [0.25, 0.3) is 0 Å². The van der Waals surface area contributed by atoms with Gasteiger partial charge in [0, 0.05) is 28.4 Å². The van der Waals surface area contributed by atoms with E-state index >= 15 is 0 Å². The molecule has 0 saturated carbocycles. The number of hydrogen-bond acceptors (Lipinski definition) is 8. The average molecular weight is 446 g/mol. The maximum atomic E-state index is 12.7. The van der Waals surface area contributed by atoms with Crippen molar-refractivity contribution in [3.63, 3.8) is 0 Å². The number of ether oxygens (including phenoxy) is 2. The Bertz CT molecular complexity index is 951. The number of aromatic nitrogens is 1. The molecule has 3 aromatic heterocycles. The SMILES string of the molecule is COc1ccnc(C(=O)C[C@@H](C)C(=O)O[C@@H](C)C(c2cccs2)c2cccs2)c1O. The molecular weight excluding hydrogens is 422 g/mol. The van der Waals surface area contributed by atoms with E-state index in [4.69, 9.17) is 9.47 Å². The van der Waals surface area contributed by atoms with Crippen LogP contribution in [0.1, 0.15) is 46.4 Å². The van der Waals surface area contributed by atoms with Gasteiger partial charge >= 0.3 is 5.97 Å². The summed E-state index contributed by atoms with van der Waals surface area (Å²) >= 11 is 3.24. The molecule has 6 nitrogen and oxygen atoms in total. The lowest BCUT2D eigenvalue weighted by Crippen LogP contribution is -2.27. The molecule has 0 aliphatic carbocycles. The molecule has 0 aliphatic rings. The van der Waals surface area contributed by atoms with Crippen LogP contribution < -0.4 is 4.74 Å². The summed E-state index contributed by atoms with van der Waals surface area (Å²) in [6.07, 6.45) is 0.863. The Kier molecular flexibility index (Phi) is 7.23. The fourth-order valence-electron chi connectivity index (χ4n) is 3.17. The molecule has 0 fully saturated rings. The zero-order valence-electron chi connectivity index (χ0n) is 16.9. The third-order valence-electron chi connectivity index (χ3n) is 4.74. The molecule has 158 valence electrons. The largest absolute Gasteiger partial charge is 0.503 e. The third-order valence-corrected chi connectivity index (χ3v) is 6.65. The van der Waals surface area contributed by atoms with Crippen molar-refractivity contribution in [2.75, 3.05) is 7.11 Å². The van der Waals surface area contributed by atoms with Crippen molar-refractivity contribution in [2.45, 2.75) is 32.3 Å². The van der Waals surface area contributed by atoms with Gasteiger partial charge in [-0.2, -0.15) is 0 Å². The highest BCUT2D eigenvalue weighted by Gasteiger charge is 2.29. The number of aromatic hydroxyl groups is 1. The molecular formula is C22H23NO5S2.